The monoisotopic (exact) mass is 389 g/mol. The van der Waals surface area contributed by atoms with Crippen molar-refractivity contribution >= 4 is 11.9 Å². The predicted molar refractivity (Wildman–Crippen MR) is 116 cm³/mol. The molecule has 1 aromatic carbocycles. The van der Waals surface area contributed by atoms with Crippen LogP contribution in [0.2, 0.25) is 0 Å². The first-order chi connectivity index (χ1) is 13.7. The fourth-order valence-corrected chi connectivity index (χ4v) is 3.48. The van der Waals surface area contributed by atoms with Gasteiger partial charge in [0.1, 0.15) is 0 Å². The van der Waals surface area contributed by atoms with E-state index in [9.17, 15) is 9.59 Å². The molecule has 0 heterocycles. The van der Waals surface area contributed by atoms with E-state index in [1.54, 1.807) is 18.2 Å². The topological polar surface area (TPSA) is 66.4 Å². The molecular weight excluding hydrogens is 350 g/mol. The number of carboxylic acid groups (broad SMARTS) is 1. The van der Waals surface area contributed by atoms with Crippen molar-refractivity contribution in [3.05, 3.63) is 35.4 Å². The van der Waals surface area contributed by atoms with Gasteiger partial charge in [0.2, 0.25) is 0 Å². The third-order valence-electron chi connectivity index (χ3n) is 5.22. The number of benzene rings is 1. The summed E-state index contributed by atoms with van der Waals surface area (Å²) in [4.78, 5) is 23.3. The molecule has 1 aromatic rings. The van der Waals surface area contributed by atoms with Crippen molar-refractivity contribution in [1.29, 1.82) is 0 Å². The Morgan fingerprint density at radius 1 is 0.714 bits per heavy atom. The van der Waals surface area contributed by atoms with Crippen LogP contribution in [0.5, 0.6) is 0 Å². The molecule has 0 aliphatic carbocycles. The maximum atomic E-state index is 12.1. The minimum absolute atomic E-state index is 0.0564. The van der Waals surface area contributed by atoms with Gasteiger partial charge in [0, 0.05) is 6.54 Å². The lowest BCUT2D eigenvalue weighted by molar-refractivity contribution is 0.0691. The Labute approximate surface area is 171 Å². The van der Waals surface area contributed by atoms with E-state index in [1.165, 1.54) is 83.1 Å². The Balaban J connectivity index is 1.94. The van der Waals surface area contributed by atoms with E-state index in [2.05, 4.69) is 12.2 Å². The Bertz CT molecular complexity index is 557. The molecule has 0 aliphatic heterocycles. The number of rotatable bonds is 17. The molecule has 0 spiro atoms. The van der Waals surface area contributed by atoms with Crippen LogP contribution in [0.25, 0.3) is 0 Å². The summed E-state index contributed by atoms with van der Waals surface area (Å²) in [6.07, 6.45) is 18.3. The van der Waals surface area contributed by atoms with Gasteiger partial charge in [0.15, 0.2) is 0 Å². The molecule has 0 unspecified atom stereocenters. The Kier molecular flexibility index (Phi) is 14.0. The molecule has 0 fully saturated rings. The second-order valence-electron chi connectivity index (χ2n) is 7.70. The van der Waals surface area contributed by atoms with Crippen LogP contribution in [0.4, 0.5) is 0 Å². The normalized spacial score (nSPS) is 10.8. The summed E-state index contributed by atoms with van der Waals surface area (Å²) < 4.78 is 0. The van der Waals surface area contributed by atoms with Gasteiger partial charge in [-0.15, -0.1) is 0 Å². The first-order valence-corrected chi connectivity index (χ1v) is 11.3. The molecule has 2 N–H and O–H groups in total. The molecule has 0 atom stereocenters. The van der Waals surface area contributed by atoms with Gasteiger partial charge < -0.3 is 10.4 Å². The first-order valence-electron chi connectivity index (χ1n) is 11.3. The second-order valence-corrected chi connectivity index (χ2v) is 7.70. The van der Waals surface area contributed by atoms with Crippen LogP contribution in [-0.4, -0.2) is 23.5 Å². The summed E-state index contributed by atoms with van der Waals surface area (Å²) >= 11 is 0. The van der Waals surface area contributed by atoms with Crippen LogP contribution in [0.1, 0.15) is 118 Å². The van der Waals surface area contributed by atoms with Crippen molar-refractivity contribution in [3.8, 4) is 0 Å². The highest BCUT2D eigenvalue weighted by atomic mass is 16.4. The van der Waals surface area contributed by atoms with Crippen LogP contribution < -0.4 is 5.32 Å². The lowest BCUT2D eigenvalue weighted by atomic mass is 10.0. The lowest BCUT2D eigenvalue weighted by Crippen LogP contribution is -2.26. The summed E-state index contributed by atoms with van der Waals surface area (Å²) in [5.41, 5.74) is 0.293. The van der Waals surface area contributed by atoms with Crippen LogP contribution in [0, 0.1) is 0 Å². The zero-order valence-electron chi connectivity index (χ0n) is 17.7. The highest BCUT2D eigenvalue weighted by Gasteiger charge is 2.14. The first kappa shape index (κ1) is 24.2. The standard InChI is InChI=1S/C24H39NO3/c1-2-3-4-5-6-7-8-9-10-11-12-13-14-17-20-25-23(26)21-18-15-16-19-22(21)24(27)28/h15-16,18-19H,2-14,17,20H2,1H3,(H,25,26)(H,27,28). The van der Waals surface area contributed by atoms with Crippen LogP contribution in [-0.2, 0) is 0 Å². The Hall–Kier alpha value is -1.84. The minimum atomic E-state index is -1.07. The maximum absolute atomic E-state index is 12.1. The zero-order valence-corrected chi connectivity index (χ0v) is 17.7. The van der Waals surface area contributed by atoms with Gasteiger partial charge in [-0.05, 0) is 18.6 Å². The summed E-state index contributed by atoms with van der Waals surface area (Å²) in [6, 6.07) is 6.34. The van der Waals surface area contributed by atoms with Crippen molar-refractivity contribution in [2.45, 2.75) is 96.8 Å². The molecule has 0 radical (unpaired) electrons. The number of amides is 1. The van der Waals surface area contributed by atoms with Gasteiger partial charge >= 0.3 is 5.97 Å². The molecule has 28 heavy (non-hydrogen) atoms. The maximum Gasteiger partial charge on any atom is 0.336 e. The van der Waals surface area contributed by atoms with E-state index >= 15 is 0 Å². The van der Waals surface area contributed by atoms with E-state index in [0.717, 1.165) is 12.8 Å². The molecule has 4 nitrogen and oxygen atoms in total. The van der Waals surface area contributed by atoms with Crippen molar-refractivity contribution in [2.75, 3.05) is 6.54 Å². The third-order valence-corrected chi connectivity index (χ3v) is 5.22. The van der Waals surface area contributed by atoms with E-state index in [0.29, 0.717) is 6.54 Å². The van der Waals surface area contributed by atoms with E-state index < -0.39 is 5.97 Å². The molecule has 158 valence electrons. The highest BCUT2D eigenvalue weighted by molar-refractivity contribution is 6.04. The quantitative estimate of drug-likeness (QED) is 0.295. The third kappa shape index (κ3) is 11.1. The zero-order chi connectivity index (χ0) is 20.5. The van der Waals surface area contributed by atoms with Gasteiger partial charge in [-0.1, -0.05) is 103 Å². The lowest BCUT2D eigenvalue weighted by Gasteiger charge is -2.07. The second kappa shape index (κ2) is 16.1. The number of carboxylic acids is 1. The van der Waals surface area contributed by atoms with E-state index in [-0.39, 0.29) is 17.0 Å². The van der Waals surface area contributed by atoms with Gasteiger partial charge in [0.25, 0.3) is 5.91 Å². The van der Waals surface area contributed by atoms with Crippen LogP contribution in [0.3, 0.4) is 0 Å². The number of carbonyl (C=O) groups excluding carboxylic acids is 1. The number of hydrogen-bond donors (Lipinski definition) is 2. The van der Waals surface area contributed by atoms with Crippen LogP contribution in [0.15, 0.2) is 24.3 Å². The number of unbranched alkanes of at least 4 members (excludes halogenated alkanes) is 13. The SMILES string of the molecule is CCCCCCCCCCCCCCCCNC(=O)c1ccccc1C(=O)O. The Morgan fingerprint density at radius 2 is 1.14 bits per heavy atom. The summed E-state index contributed by atoms with van der Waals surface area (Å²) in [5.74, 6) is -1.37. The molecule has 0 bridgehead atoms. The Morgan fingerprint density at radius 3 is 1.61 bits per heavy atom. The average Bonchev–Trinajstić information content (AvgIpc) is 2.70. The van der Waals surface area contributed by atoms with Crippen LogP contribution >= 0.6 is 0 Å². The predicted octanol–water partition coefficient (Wildman–Crippen LogP) is 6.60. The fraction of sp³-hybridized carbons (Fsp3) is 0.667. The van der Waals surface area contributed by atoms with E-state index in [1.807, 2.05) is 0 Å². The molecule has 0 saturated heterocycles. The van der Waals surface area contributed by atoms with Crippen molar-refractivity contribution in [2.24, 2.45) is 0 Å². The molecule has 0 saturated carbocycles. The molecular formula is C24H39NO3. The molecule has 4 heteroatoms. The largest absolute Gasteiger partial charge is 0.478 e. The highest BCUT2D eigenvalue weighted by Crippen LogP contribution is 2.13. The number of aromatic carboxylic acids is 1. The summed E-state index contributed by atoms with van der Waals surface area (Å²) in [7, 11) is 0. The van der Waals surface area contributed by atoms with E-state index in [4.69, 9.17) is 5.11 Å². The number of hydrogen-bond acceptors (Lipinski definition) is 2. The molecule has 0 aromatic heterocycles. The molecule has 0 aliphatic rings. The van der Waals surface area contributed by atoms with Crippen molar-refractivity contribution < 1.29 is 14.7 Å². The fourth-order valence-electron chi connectivity index (χ4n) is 3.48. The smallest absolute Gasteiger partial charge is 0.336 e. The molecule has 1 amide bonds. The van der Waals surface area contributed by atoms with Crippen molar-refractivity contribution in [3.63, 3.8) is 0 Å². The van der Waals surface area contributed by atoms with Gasteiger partial charge in [-0.2, -0.15) is 0 Å². The minimum Gasteiger partial charge on any atom is -0.478 e. The number of carbonyl (C=O) groups is 2. The number of nitrogens with one attached hydrogen (secondary N) is 1. The molecule has 1 rings (SSSR count). The van der Waals surface area contributed by atoms with Gasteiger partial charge in [0.05, 0.1) is 11.1 Å². The van der Waals surface area contributed by atoms with Gasteiger partial charge in [-0.3, -0.25) is 4.79 Å². The summed E-state index contributed by atoms with van der Waals surface area (Å²) in [6.45, 7) is 2.86. The summed E-state index contributed by atoms with van der Waals surface area (Å²) in [5, 5.41) is 12.0. The van der Waals surface area contributed by atoms with Crippen molar-refractivity contribution in [1.82, 2.24) is 5.32 Å². The van der Waals surface area contributed by atoms with Gasteiger partial charge in [-0.25, -0.2) is 4.79 Å². The average molecular weight is 390 g/mol.